The highest BCUT2D eigenvalue weighted by atomic mass is 35.5. The lowest BCUT2D eigenvalue weighted by Gasteiger charge is -2.31. The van der Waals surface area contributed by atoms with Crippen molar-refractivity contribution in [2.45, 2.75) is 51.6 Å². The molecule has 1 N–H and O–H groups in total. The molecule has 0 aromatic heterocycles. The van der Waals surface area contributed by atoms with E-state index in [1.807, 2.05) is 51.1 Å². The van der Waals surface area contributed by atoms with Gasteiger partial charge < -0.3 is 15.0 Å². The summed E-state index contributed by atoms with van der Waals surface area (Å²) in [6.45, 7) is 7.84. The molecular weight excluding hydrogens is 467 g/mol. The van der Waals surface area contributed by atoms with Crippen LogP contribution < -0.4 is 10.1 Å². The summed E-state index contributed by atoms with van der Waals surface area (Å²) in [7, 11) is 1.61. The van der Waals surface area contributed by atoms with Crippen LogP contribution in [-0.4, -0.2) is 41.2 Å². The number of methoxy groups -OCH3 is 1. The zero-order valence-electron chi connectivity index (χ0n) is 19.1. The second-order valence-corrected chi connectivity index (χ2v) is 10.3. The topological polar surface area (TPSA) is 58.6 Å². The minimum Gasteiger partial charge on any atom is -0.497 e. The van der Waals surface area contributed by atoms with Gasteiger partial charge in [0.25, 0.3) is 0 Å². The number of nitrogens with one attached hydrogen (secondary N) is 1. The number of carbonyl (C=O) groups excluding carboxylic acids is 2. The standard InChI is InChI=1S/C24H30Cl2N2O3S/c1-16(23(30)27-24(2,3)4)28(13-17-6-9-19(31-5)10-7-17)22(29)15-32-14-18-8-11-20(25)21(26)12-18/h6-12,16H,13-15H2,1-5H3,(H,27,30)/t16-/m0/s1. The molecule has 0 radical (unpaired) electrons. The SMILES string of the molecule is COc1ccc(CN(C(=O)CSCc2ccc(Cl)c(Cl)c2)[C@@H](C)C(=O)NC(C)(C)C)cc1. The number of carbonyl (C=O) groups is 2. The van der Waals surface area contributed by atoms with Crippen molar-refractivity contribution in [3.8, 4) is 5.75 Å². The van der Waals surface area contributed by atoms with Crippen molar-refractivity contribution < 1.29 is 14.3 Å². The van der Waals surface area contributed by atoms with Gasteiger partial charge >= 0.3 is 0 Å². The van der Waals surface area contributed by atoms with Gasteiger partial charge in [-0.2, -0.15) is 0 Å². The summed E-state index contributed by atoms with van der Waals surface area (Å²) in [5.41, 5.74) is 1.52. The molecule has 0 aliphatic rings. The van der Waals surface area contributed by atoms with E-state index in [0.29, 0.717) is 22.3 Å². The summed E-state index contributed by atoms with van der Waals surface area (Å²) in [5, 5.41) is 3.96. The normalized spacial score (nSPS) is 12.2. The van der Waals surface area contributed by atoms with E-state index in [0.717, 1.165) is 16.9 Å². The Morgan fingerprint density at radius 1 is 1.06 bits per heavy atom. The molecule has 2 aromatic carbocycles. The van der Waals surface area contributed by atoms with E-state index in [4.69, 9.17) is 27.9 Å². The van der Waals surface area contributed by atoms with Crippen molar-refractivity contribution in [2.24, 2.45) is 0 Å². The summed E-state index contributed by atoms with van der Waals surface area (Å²) in [5.74, 6) is 1.30. The van der Waals surface area contributed by atoms with Gasteiger partial charge in [0.1, 0.15) is 11.8 Å². The number of ether oxygens (including phenoxy) is 1. The van der Waals surface area contributed by atoms with E-state index in [-0.39, 0.29) is 23.1 Å². The zero-order chi connectivity index (χ0) is 23.9. The van der Waals surface area contributed by atoms with Crippen LogP contribution in [0.3, 0.4) is 0 Å². The Morgan fingerprint density at radius 2 is 1.69 bits per heavy atom. The molecule has 174 valence electrons. The van der Waals surface area contributed by atoms with Crippen LogP contribution in [0.1, 0.15) is 38.8 Å². The van der Waals surface area contributed by atoms with Crippen LogP contribution in [0.5, 0.6) is 5.75 Å². The lowest BCUT2D eigenvalue weighted by molar-refractivity contribution is -0.139. The lowest BCUT2D eigenvalue weighted by Crippen LogP contribution is -2.52. The largest absolute Gasteiger partial charge is 0.497 e. The molecule has 5 nitrogen and oxygen atoms in total. The molecule has 2 rings (SSSR count). The maximum absolute atomic E-state index is 13.1. The van der Waals surface area contributed by atoms with Crippen LogP contribution in [0.4, 0.5) is 0 Å². The van der Waals surface area contributed by atoms with Crippen LogP contribution in [0, 0.1) is 0 Å². The molecule has 0 fully saturated rings. The number of hydrogen-bond acceptors (Lipinski definition) is 4. The fraction of sp³-hybridized carbons (Fsp3) is 0.417. The van der Waals surface area contributed by atoms with Gasteiger partial charge in [0.2, 0.25) is 11.8 Å². The van der Waals surface area contributed by atoms with Gasteiger partial charge in [0.05, 0.1) is 22.9 Å². The molecule has 0 spiro atoms. The van der Waals surface area contributed by atoms with Gasteiger partial charge in [-0.3, -0.25) is 9.59 Å². The van der Waals surface area contributed by atoms with E-state index in [1.54, 1.807) is 31.1 Å². The first-order valence-electron chi connectivity index (χ1n) is 10.3. The van der Waals surface area contributed by atoms with Gasteiger partial charge in [-0.15, -0.1) is 11.8 Å². The summed E-state index contributed by atoms with van der Waals surface area (Å²) >= 11 is 13.5. The summed E-state index contributed by atoms with van der Waals surface area (Å²) < 4.78 is 5.21. The number of hydrogen-bond donors (Lipinski definition) is 1. The van der Waals surface area contributed by atoms with Crippen LogP contribution in [0.25, 0.3) is 0 Å². The average Bonchev–Trinajstić information content (AvgIpc) is 2.73. The smallest absolute Gasteiger partial charge is 0.242 e. The highest BCUT2D eigenvalue weighted by molar-refractivity contribution is 7.99. The first kappa shape index (κ1) is 26.4. The minimum absolute atomic E-state index is 0.109. The molecule has 0 heterocycles. The third kappa shape index (κ3) is 8.23. The monoisotopic (exact) mass is 496 g/mol. The quantitative estimate of drug-likeness (QED) is 0.492. The Morgan fingerprint density at radius 3 is 2.25 bits per heavy atom. The maximum Gasteiger partial charge on any atom is 0.242 e. The Kier molecular flexibility index (Phi) is 9.74. The van der Waals surface area contributed by atoms with Gasteiger partial charge in [-0.1, -0.05) is 41.4 Å². The van der Waals surface area contributed by atoms with Crippen molar-refractivity contribution in [2.75, 3.05) is 12.9 Å². The molecule has 0 unspecified atom stereocenters. The zero-order valence-corrected chi connectivity index (χ0v) is 21.4. The molecule has 32 heavy (non-hydrogen) atoms. The first-order chi connectivity index (χ1) is 15.0. The van der Waals surface area contributed by atoms with E-state index < -0.39 is 6.04 Å². The van der Waals surface area contributed by atoms with Crippen LogP contribution >= 0.6 is 35.0 Å². The van der Waals surface area contributed by atoms with E-state index in [2.05, 4.69) is 5.32 Å². The summed E-state index contributed by atoms with van der Waals surface area (Å²) in [6, 6.07) is 12.3. The van der Waals surface area contributed by atoms with Crippen molar-refractivity contribution in [3.05, 3.63) is 63.6 Å². The van der Waals surface area contributed by atoms with E-state index in [9.17, 15) is 9.59 Å². The van der Waals surface area contributed by atoms with Gasteiger partial charge in [0, 0.05) is 17.8 Å². The molecule has 2 aromatic rings. The van der Waals surface area contributed by atoms with Crippen LogP contribution in [0.15, 0.2) is 42.5 Å². The highest BCUT2D eigenvalue weighted by Gasteiger charge is 2.28. The molecule has 2 amide bonds. The minimum atomic E-state index is -0.616. The Labute approximate surface area is 204 Å². The van der Waals surface area contributed by atoms with E-state index >= 15 is 0 Å². The first-order valence-corrected chi connectivity index (χ1v) is 12.2. The summed E-state index contributed by atoms with van der Waals surface area (Å²) in [4.78, 5) is 27.6. The van der Waals surface area contributed by atoms with Crippen molar-refractivity contribution in [1.82, 2.24) is 10.2 Å². The number of amides is 2. The van der Waals surface area contributed by atoms with Crippen LogP contribution in [-0.2, 0) is 21.9 Å². The third-order valence-electron chi connectivity index (χ3n) is 4.66. The number of benzene rings is 2. The molecular formula is C24H30Cl2N2O3S. The molecule has 0 aliphatic heterocycles. The van der Waals surface area contributed by atoms with Crippen molar-refractivity contribution >= 4 is 46.8 Å². The van der Waals surface area contributed by atoms with Gasteiger partial charge in [0.15, 0.2) is 0 Å². The fourth-order valence-corrected chi connectivity index (χ4v) is 4.13. The number of thioether (sulfide) groups is 1. The Hall–Kier alpha value is -1.89. The molecule has 0 saturated carbocycles. The Bertz CT molecular complexity index is 930. The highest BCUT2D eigenvalue weighted by Crippen LogP contribution is 2.25. The summed E-state index contributed by atoms with van der Waals surface area (Å²) in [6.07, 6.45) is 0. The number of nitrogens with zero attached hydrogens (tertiary/aromatic N) is 1. The number of halogens is 2. The number of rotatable bonds is 9. The van der Waals surface area contributed by atoms with Gasteiger partial charge in [-0.25, -0.2) is 0 Å². The van der Waals surface area contributed by atoms with Crippen molar-refractivity contribution in [3.63, 3.8) is 0 Å². The third-order valence-corrected chi connectivity index (χ3v) is 6.38. The predicted molar refractivity (Wildman–Crippen MR) is 134 cm³/mol. The van der Waals surface area contributed by atoms with Crippen molar-refractivity contribution in [1.29, 1.82) is 0 Å². The second kappa shape index (κ2) is 11.8. The fourth-order valence-electron chi connectivity index (χ4n) is 2.95. The Balaban J connectivity index is 2.10. The van der Waals surface area contributed by atoms with E-state index in [1.165, 1.54) is 11.8 Å². The van der Waals surface area contributed by atoms with Gasteiger partial charge in [-0.05, 0) is 63.1 Å². The lowest BCUT2D eigenvalue weighted by atomic mass is 10.1. The van der Waals surface area contributed by atoms with Crippen LogP contribution in [0.2, 0.25) is 10.0 Å². The predicted octanol–water partition coefficient (Wildman–Crippen LogP) is 5.57. The molecule has 1 atom stereocenters. The molecule has 0 aliphatic carbocycles. The molecule has 0 bridgehead atoms. The maximum atomic E-state index is 13.1. The molecule has 0 saturated heterocycles. The second-order valence-electron chi connectivity index (χ2n) is 8.53. The molecule has 8 heteroatoms. The average molecular weight is 497 g/mol.